The third kappa shape index (κ3) is 2.00. The quantitative estimate of drug-likeness (QED) is 0.750. The van der Waals surface area contributed by atoms with E-state index in [1.54, 1.807) is 6.92 Å². The zero-order valence-electron chi connectivity index (χ0n) is 10.6. The van der Waals surface area contributed by atoms with E-state index in [9.17, 15) is 4.79 Å². The maximum atomic E-state index is 12.1. The summed E-state index contributed by atoms with van der Waals surface area (Å²) in [7, 11) is 0. The first kappa shape index (κ1) is 12.2. The standard InChI is InChI=1S/C14H12BrN3O/c1-8-9(2)16-13-7-12(17-18(13)14(8)19)10-3-5-11(15)6-4-10/h3-7,17H,1-2H3. The predicted octanol–water partition coefficient (Wildman–Crippen LogP) is 3.07. The van der Waals surface area contributed by atoms with Crippen LogP contribution in [0.3, 0.4) is 0 Å². The Bertz CT molecular complexity index is 815. The summed E-state index contributed by atoms with van der Waals surface area (Å²) in [5.41, 5.74) is 3.93. The molecule has 3 rings (SSSR count). The first-order valence-corrected chi connectivity index (χ1v) is 6.70. The third-order valence-electron chi connectivity index (χ3n) is 3.24. The molecule has 0 aliphatic rings. The Balaban J connectivity index is 2.25. The fraction of sp³-hybridized carbons (Fsp3) is 0.143. The highest BCUT2D eigenvalue weighted by Gasteiger charge is 2.09. The Morgan fingerprint density at radius 2 is 1.89 bits per heavy atom. The lowest BCUT2D eigenvalue weighted by molar-refractivity contribution is 0.876. The molecule has 0 atom stereocenters. The molecule has 19 heavy (non-hydrogen) atoms. The lowest BCUT2D eigenvalue weighted by Gasteiger charge is -1.99. The van der Waals surface area contributed by atoms with Crippen LogP contribution in [0, 0.1) is 13.8 Å². The smallest absolute Gasteiger partial charge is 0.275 e. The largest absolute Gasteiger partial charge is 0.289 e. The molecule has 0 saturated heterocycles. The monoisotopic (exact) mass is 317 g/mol. The van der Waals surface area contributed by atoms with Crippen molar-refractivity contribution in [3.63, 3.8) is 0 Å². The number of halogens is 1. The van der Waals surface area contributed by atoms with Crippen molar-refractivity contribution >= 4 is 21.6 Å². The van der Waals surface area contributed by atoms with Gasteiger partial charge in [-0.05, 0) is 31.5 Å². The van der Waals surface area contributed by atoms with Gasteiger partial charge in [0.15, 0.2) is 5.65 Å². The summed E-state index contributed by atoms with van der Waals surface area (Å²) in [5.74, 6) is 0. The zero-order chi connectivity index (χ0) is 13.6. The molecule has 0 unspecified atom stereocenters. The van der Waals surface area contributed by atoms with E-state index >= 15 is 0 Å². The highest BCUT2D eigenvalue weighted by atomic mass is 79.9. The number of hydrogen-bond acceptors (Lipinski definition) is 2. The van der Waals surface area contributed by atoms with Gasteiger partial charge in [0.2, 0.25) is 0 Å². The molecule has 3 aromatic rings. The first-order chi connectivity index (χ1) is 9.06. The van der Waals surface area contributed by atoms with Crippen LogP contribution in [0.25, 0.3) is 16.9 Å². The Morgan fingerprint density at radius 3 is 2.58 bits per heavy atom. The van der Waals surface area contributed by atoms with Gasteiger partial charge in [0, 0.05) is 21.8 Å². The molecule has 0 saturated carbocycles. The van der Waals surface area contributed by atoms with Gasteiger partial charge in [-0.2, -0.15) is 0 Å². The van der Waals surface area contributed by atoms with Crippen LogP contribution in [-0.2, 0) is 0 Å². The first-order valence-electron chi connectivity index (χ1n) is 5.91. The second-order valence-electron chi connectivity index (χ2n) is 4.50. The van der Waals surface area contributed by atoms with Gasteiger partial charge in [-0.1, -0.05) is 28.1 Å². The molecule has 0 radical (unpaired) electrons. The molecule has 0 aliphatic carbocycles. The lowest BCUT2D eigenvalue weighted by Crippen LogP contribution is -2.19. The van der Waals surface area contributed by atoms with Gasteiger partial charge in [0.25, 0.3) is 5.56 Å². The number of H-pyrrole nitrogens is 1. The van der Waals surface area contributed by atoms with Crippen LogP contribution < -0.4 is 5.56 Å². The molecule has 0 amide bonds. The van der Waals surface area contributed by atoms with E-state index in [0.717, 1.165) is 21.4 Å². The van der Waals surface area contributed by atoms with Crippen molar-refractivity contribution in [2.24, 2.45) is 0 Å². The summed E-state index contributed by atoms with van der Waals surface area (Å²) in [4.78, 5) is 16.6. The molecule has 1 aromatic carbocycles. The normalized spacial score (nSPS) is 11.1. The zero-order valence-corrected chi connectivity index (χ0v) is 12.2. The summed E-state index contributed by atoms with van der Waals surface area (Å²) in [6.45, 7) is 3.64. The molecule has 0 fully saturated rings. The third-order valence-corrected chi connectivity index (χ3v) is 3.77. The molecule has 1 N–H and O–H groups in total. The van der Waals surface area contributed by atoms with Crippen molar-refractivity contribution in [2.45, 2.75) is 13.8 Å². The predicted molar refractivity (Wildman–Crippen MR) is 78.4 cm³/mol. The van der Waals surface area contributed by atoms with E-state index in [0.29, 0.717) is 11.2 Å². The van der Waals surface area contributed by atoms with Gasteiger partial charge in [0.1, 0.15) is 0 Å². The summed E-state index contributed by atoms with van der Waals surface area (Å²) in [5, 5.41) is 3.09. The molecule has 96 valence electrons. The molecule has 2 heterocycles. The second kappa shape index (κ2) is 4.35. The number of aromatic nitrogens is 3. The summed E-state index contributed by atoms with van der Waals surface area (Å²) in [6.07, 6.45) is 0. The highest BCUT2D eigenvalue weighted by molar-refractivity contribution is 9.10. The van der Waals surface area contributed by atoms with Crippen molar-refractivity contribution in [3.8, 4) is 11.3 Å². The minimum atomic E-state index is -0.0501. The van der Waals surface area contributed by atoms with Gasteiger partial charge in [0.05, 0.1) is 5.69 Å². The molecule has 4 nitrogen and oxygen atoms in total. The van der Waals surface area contributed by atoms with Crippen LogP contribution in [0.2, 0.25) is 0 Å². The Morgan fingerprint density at radius 1 is 1.21 bits per heavy atom. The second-order valence-corrected chi connectivity index (χ2v) is 5.41. The van der Waals surface area contributed by atoms with Crippen LogP contribution in [0.15, 0.2) is 39.6 Å². The lowest BCUT2D eigenvalue weighted by atomic mass is 10.2. The summed E-state index contributed by atoms with van der Waals surface area (Å²) < 4.78 is 2.51. The average molecular weight is 318 g/mol. The van der Waals surface area contributed by atoms with E-state index in [2.05, 4.69) is 26.0 Å². The maximum absolute atomic E-state index is 12.1. The van der Waals surface area contributed by atoms with Crippen molar-refractivity contribution < 1.29 is 0 Å². The van der Waals surface area contributed by atoms with Crippen LogP contribution >= 0.6 is 15.9 Å². The maximum Gasteiger partial charge on any atom is 0.275 e. The molecule has 2 aromatic heterocycles. The van der Waals surface area contributed by atoms with Crippen molar-refractivity contribution in [2.75, 3.05) is 0 Å². The van der Waals surface area contributed by atoms with Crippen molar-refractivity contribution in [1.29, 1.82) is 0 Å². The minimum absolute atomic E-state index is 0.0501. The fourth-order valence-corrected chi connectivity index (χ4v) is 2.26. The van der Waals surface area contributed by atoms with Gasteiger partial charge < -0.3 is 0 Å². The highest BCUT2D eigenvalue weighted by Crippen LogP contribution is 2.21. The number of rotatable bonds is 1. The Kier molecular flexibility index (Phi) is 2.78. The number of nitrogens with one attached hydrogen (secondary N) is 1. The summed E-state index contributed by atoms with van der Waals surface area (Å²) >= 11 is 3.41. The molecule has 0 bridgehead atoms. The topological polar surface area (TPSA) is 50.2 Å². The number of nitrogens with zero attached hydrogens (tertiary/aromatic N) is 2. The number of benzene rings is 1. The average Bonchev–Trinajstić information content (AvgIpc) is 2.81. The SMILES string of the molecule is Cc1nc2cc(-c3ccc(Br)cc3)[nH]n2c(=O)c1C. The van der Waals surface area contributed by atoms with Crippen LogP contribution in [-0.4, -0.2) is 14.6 Å². The number of aromatic amines is 1. The van der Waals surface area contributed by atoms with Crippen LogP contribution in [0.4, 0.5) is 0 Å². The van der Waals surface area contributed by atoms with Crippen molar-refractivity contribution in [3.05, 3.63) is 56.4 Å². The number of fused-ring (bicyclic) bond motifs is 1. The Hall–Kier alpha value is -1.88. The van der Waals surface area contributed by atoms with Gasteiger partial charge in [-0.25, -0.2) is 9.50 Å². The fourth-order valence-electron chi connectivity index (χ4n) is 2.00. The molecular weight excluding hydrogens is 306 g/mol. The van der Waals surface area contributed by atoms with Gasteiger partial charge in [-0.15, -0.1) is 0 Å². The van der Waals surface area contributed by atoms with E-state index in [-0.39, 0.29) is 5.56 Å². The van der Waals surface area contributed by atoms with E-state index in [4.69, 9.17) is 0 Å². The van der Waals surface area contributed by atoms with Crippen molar-refractivity contribution in [1.82, 2.24) is 14.6 Å². The molecular formula is C14H12BrN3O. The van der Waals surface area contributed by atoms with E-state index in [1.807, 2.05) is 37.3 Å². The number of hydrogen-bond donors (Lipinski definition) is 1. The van der Waals surface area contributed by atoms with Crippen LogP contribution in [0.5, 0.6) is 0 Å². The van der Waals surface area contributed by atoms with Crippen LogP contribution in [0.1, 0.15) is 11.3 Å². The van der Waals surface area contributed by atoms with E-state index < -0.39 is 0 Å². The van der Waals surface area contributed by atoms with E-state index in [1.165, 1.54) is 4.52 Å². The number of aryl methyl sites for hydroxylation is 1. The summed E-state index contributed by atoms with van der Waals surface area (Å²) in [6, 6.07) is 9.79. The van der Waals surface area contributed by atoms with Gasteiger partial charge >= 0.3 is 0 Å². The molecule has 5 heteroatoms. The molecule has 0 spiro atoms. The molecule has 0 aliphatic heterocycles. The Labute approximate surface area is 118 Å². The van der Waals surface area contributed by atoms with Gasteiger partial charge in [-0.3, -0.25) is 9.89 Å². The minimum Gasteiger partial charge on any atom is -0.289 e.